The van der Waals surface area contributed by atoms with Gasteiger partial charge in [-0.25, -0.2) is 0 Å². The number of aryl methyl sites for hydroxylation is 1. The Kier molecular flexibility index (Phi) is 4.86. The third-order valence-corrected chi connectivity index (χ3v) is 4.90. The Morgan fingerprint density at radius 3 is 2.42 bits per heavy atom. The number of benzene rings is 2. The predicted octanol–water partition coefficient (Wildman–Crippen LogP) is 4.28. The van der Waals surface area contributed by atoms with Gasteiger partial charge in [0.15, 0.2) is 0 Å². The maximum absolute atomic E-state index is 12.7. The lowest BCUT2D eigenvalue weighted by atomic mass is 9.85. The number of hydrogen-bond acceptors (Lipinski definition) is 2. The van der Waals surface area contributed by atoms with E-state index >= 15 is 0 Å². The largest absolute Gasteiger partial charge is 0.326 e. The van der Waals surface area contributed by atoms with E-state index in [-0.39, 0.29) is 29.6 Å². The Morgan fingerprint density at radius 2 is 1.73 bits per heavy atom. The van der Waals surface area contributed by atoms with Crippen LogP contribution in [0.3, 0.4) is 0 Å². The molecule has 0 spiro atoms. The van der Waals surface area contributed by atoms with Crippen LogP contribution in [0.5, 0.6) is 0 Å². The maximum atomic E-state index is 12.7. The molecule has 1 aliphatic rings. The molecular formula is C22H26N2O2. The molecule has 4 heteroatoms. The van der Waals surface area contributed by atoms with Crippen molar-refractivity contribution in [3.8, 4) is 0 Å². The Morgan fingerprint density at radius 1 is 1.08 bits per heavy atom. The summed E-state index contributed by atoms with van der Waals surface area (Å²) in [4.78, 5) is 27.1. The van der Waals surface area contributed by atoms with E-state index < -0.39 is 0 Å². The molecule has 136 valence electrons. The third-order valence-electron chi connectivity index (χ3n) is 4.90. The van der Waals surface area contributed by atoms with Gasteiger partial charge in [-0.1, -0.05) is 57.2 Å². The van der Waals surface area contributed by atoms with Crippen LogP contribution < -0.4 is 10.2 Å². The second-order valence-corrected chi connectivity index (χ2v) is 7.98. The molecule has 2 aromatic rings. The van der Waals surface area contributed by atoms with Crippen molar-refractivity contribution in [2.45, 2.75) is 39.5 Å². The average molecular weight is 350 g/mol. The highest BCUT2D eigenvalue weighted by Gasteiger charge is 2.37. The van der Waals surface area contributed by atoms with Crippen LogP contribution in [-0.2, 0) is 15.0 Å². The molecule has 1 unspecified atom stereocenters. The molecule has 0 bridgehead atoms. The van der Waals surface area contributed by atoms with Crippen LogP contribution in [0.1, 0.15) is 38.3 Å². The first-order valence-corrected chi connectivity index (χ1v) is 9.04. The lowest BCUT2D eigenvalue weighted by Crippen LogP contribution is -2.30. The summed E-state index contributed by atoms with van der Waals surface area (Å²) in [5, 5.41) is 2.97. The van der Waals surface area contributed by atoms with Crippen molar-refractivity contribution < 1.29 is 9.59 Å². The predicted molar refractivity (Wildman–Crippen MR) is 105 cm³/mol. The number of rotatable bonds is 3. The van der Waals surface area contributed by atoms with Gasteiger partial charge < -0.3 is 10.2 Å². The summed E-state index contributed by atoms with van der Waals surface area (Å²) in [7, 11) is 0. The minimum Gasteiger partial charge on any atom is -0.326 e. The molecule has 0 aromatic heterocycles. The molecule has 26 heavy (non-hydrogen) atoms. The quantitative estimate of drug-likeness (QED) is 0.898. The SMILES string of the molecule is Cc1ccccc1NC(=O)C1CC(=O)N(c2ccccc2C(C)(C)C)C1. The van der Waals surface area contributed by atoms with Crippen LogP contribution in [0.2, 0.25) is 0 Å². The Labute approximate surface area is 155 Å². The second kappa shape index (κ2) is 6.94. The van der Waals surface area contributed by atoms with E-state index in [9.17, 15) is 9.59 Å². The van der Waals surface area contributed by atoms with E-state index in [4.69, 9.17) is 0 Å². The van der Waals surface area contributed by atoms with Crippen LogP contribution in [0.15, 0.2) is 48.5 Å². The minimum atomic E-state index is -0.338. The van der Waals surface area contributed by atoms with Crippen LogP contribution in [0.4, 0.5) is 11.4 Å². The number of para-hydroxylation sites is 2. The third kappa shape index (κ3) is 3.64. The van der Waals surface area contributed by atoms with Gasteiger partial charge in [-0.2, -0.15) is 0 Å². The summed E-state index contributed by atoms with van der Waals surface area (Å²) >= 11 is 0. The summed E-state index contributed by atoms with van der Waals surface area (Å²) in [5.74, 6) is -0.426. The number of carbonyl (C=O) groups is 2. The van der Waals surface area contributed by atoms with Crippen molar-refractivity contribution >= 4 is 23.2 Å². The molecule has 1 fully saturated rings. The van der Waals surface area contributed by atoms with Gasteiger partial charge in [-0.05, 0) is 35.6 Å². The molecule has 0 saturated carbocycles. The van der Waals surface area contributed by atoms with Crippen molar-refractivity contribution in [3.05, 3.63) is 59.7 Å². The fraction of sp³-hybridized carbons (Fsp3) is 0.364. The average Bonchev–Trinajstić information content (AvgIpc) is 2.98. The lowest BCUT2D eigenvalue weighted by molar-refractivity contribution is -0.122. The number of hydrogen-bond donors (Lipinski definition) is 1. The highest BCUT2D eigenvalue weighted by atomic mass is 16.2. The van der Waals surface area contributed by atoms with Gasteiger partial charge in [0.2, 0.25) is 11.8 Å². The van der Waals surface area contributed by atoms with E-state index in [0.717, 1.165) is 22.5 Å². The van der Waals surface area contributed by atoms with Gasteiger partial charge in [-0.15, -0.1) is 0 Å². The topological polar surface area (TPSA) is 49.4 Å². The van der Waals surface area contributed by atoms with Crippen molar-refractivity contribution in [1.29, 1.82) is 0 Å². The van der Waals surface area contributed by atoms with E-state index in [1.54, 1.807) is 4.90 Å². The fourth-order valence-corrected chi connectivity index (χ4v) is 3.41. The smallest absolute Gasteiger partial charge is 0.229 e. The van der Waals surface area contributed by atoms with Crippen molar-refractivity contribution in [2.75, 3.05) is 16.8 Å². The molecule has 1 N–H and O–H groups in total. The molecule has 1 aliphatic heterocycles. The second-order valence-electron chi connectivity index (χ2n) is 7.98. The van der Waals surface area contributed by atoms with Gasteiger partial charge in [0.1, 0.15) is 0 Å². The number of carbonyl (C=O) groups excluding carboxylic acids is 2. The summed E-state index contributed by atoms with van der Waals surface area (Å²) in [6.45, 7) is 8.78. The van der Waals surface area contributed by atoms with Gasteiger partial charge in [0, 0.05) is 24.3 Å². The zero-order valence-corrected chi connectivity index (χ0v) is 15.9. The van der Waals surface area contributed by atoms with E-state index in [1.807, 2.05) is 49.4 Å². The fourth-order valence-electron chi connectivity index (χ4n) is 3.41. The zero-order valence-electron chi connectivity index (χ0n) is 15.9. The van der Waals surface area contributed by atoms with Crippen molar-refractivity contribution in [1.82, 2.24) is 0 Å². The first-order valence-electron chi connectivity index (χ1n) is 9.04. The standard InChI is InChI=1S/C22H26N2O2/c1-15-9-5-7-11-18(15)23-21(26)16-13-20(25)24(14-16)19-12-8-6-10-17(19)22(2,3)4/h5-12,16H,13-14H2,1-4H3,(H,23,26). The maximum Gasteiger partial charge on any atom is 0.229 e. The van der Waals surface area contributed by atoms with Gasteiger partial charge in [-0.3, -0.25) is 9.59 Å². The summed E-state index contributed by atoms with van der Waals surface area (Å²) < 4.78 is 0. The van der Waals surface area contributed by atoms with Crippen LogP contribution in [-0.4, -0.2) is 18.4 Å². The monoisotopic (exact) mass is 350 g/mol. The summed E-state index contributed by atoms with van der Waals surface area (Å²) in [6.07, 6.45) is 0.246. The molecular weight excluding hydrogens is 324 g/mol. The van der Waals surface area contributed by atoms with Crippen molar-refractivity contribution in [2.24, 2.45) is 5.92 Å². The number of amides is 2. The van der Waals surface area contributed by atoms with Gasteiger partial charge >= 0.3 is 0 Å². The molecule has 2 amide bonds. The molecule has 2 aromatic carbocycles. The lowest BCUT2D eigenvalue weighted by Gasteiger charge is -2.27. The molecule has 4 nitrogen and oxygen atoms in total. The highest BCUT2D eigenvalue weighted by Crippen LogP contribution is 2.35. The Balaban J connectivity index is 1.80. The van der Waals surface area contributed by atoms with Crippen LogP contribution in [0.25, 0.3) is 0 Å². The summed E-state index contributed by atoms with van der Waals surface area (Å²) in [5.41, 5.74) is 3.78. The molecule has 1 heterocycles. The van der Waals surface area contributed by atoms with Crippen molar-refractivity contribution in [3.63, 3.8) is 0 Å². The van der Waals surface area contributed by atoms with E-state index in [2.05, 4.69) is 32.2 Å². The summed E-state index contributed by atoms with van der Waals surface area (Å²) in [6, 6.07) is 15.6. The zero-order chi connectivity index (χ0) is 18.9. The molecule has 0 aliphatic carbocycles. The molecule has 1 saturated heterocycles. The molecule has 0 radical (unpaired) electrons. The Hall–Kier alpha value is -2.62. The number of anilines is 2. The van der Waals surface area contributed by atoms with Crippen LogP contribution in [0, 0.1) is 12.8 Å². The number of nitrogens with zero attached hydrogens (tertiary/aromatic N) is 1. The minimum absolute atomic E-state index is 0.00614. The Bertz CT molecular complexity index is 836. The van der Waals surface area contributed by atoms with Gasteiger partial charge in [0.05, 0.1) is 5.92 Å². The molecule has 1 atom stereocenters. The van der Waals surface area contributed by atoms with Gasteiger partial charge in [0.25, 0.3) is 0 Å². The first-order chi connectivity index (χ1) is 12.3. The first kappa shape index (κ1) is 18.2. The number of nitrogens with one attached hydrogen (secondary N) is 1. The molecule has 3 rings (SSSR count). The van der Waals surface area contributed by atoms with E-state index in [1.165, 1.54) is 0 Å². The normalized spacial score (nSPS) is 17.5. The van der Waals surface area contributed by atoms with E-state index in [0.29, 0.717) is 6.54 Å². The highest BCUT2D eigenvalue weighted by molar-refractivity contribution is 6.04. The van der Waals surface area contributed by atoms with Crippen LogP contribution >= 0.6 is 0 Å².